The summed E-state index contributed by atoms with van der Waals surface area (Å²) in [4.78, 5) is 26.5. The number of benzene rings is 2. The van der Waals surface area contributed by atoms with E-state index in [1.165, 1.54) is 0 Å². The fraction of sp³-hybridized carbons (Fsp3) is 0.407. The molecule has 2 aromatic rings. The standard InChI is InChI=1S/C27H33NO4Si/c1-6-21-22(26(30)31)17-23(25-24(21)28(25)18(2)29)32-33(27(3,4)5,19-13-9-7-10-14-19)20-15-11-8-12-16-20/h7-16,23-25H,6,17H2,1-5H3,(H,30,31)/t23-,24+,25+,28?/m1/s1. The number of fused-ring (bicyclic) bond motifs is 1. The van der Waals surface area contributed by atoms with Crippen LogP contribution in [0.15, 0.2) is 71.8 Å². The summed E-state index contributed by atoms with van der Waals surface area (Å²) in [5.41, 5.74) is 1.27. The van der Waals surface area contributed by atoms with E-state index < -0.39 is 14.3 Å². The number of hydrogen-bond donors (Lipinski definition) is 1. The maximum absolute atomic E-state index is 12.5. The van der Waals surface area contributed by atoms with Gasteiger partial charge in [-0.2, -0.15) is 0 Å². The lowest BCUT2D eigenvalue weighted by molar-refractivity contribution is -0.133. The van der Waals surface area contributed by atoms with Gasteiger partial charge in [0.2, 0.25) is 5.91 Å². The van der Waals surface area contributed by atoms with E-state index in [9.17, 15) is 14.7 Å². The Kier molecular flexibility index (Phi) is 6.10. The average molecular weight is 464 g/mol. The van der Waals surface area contributed by atoms with Crippen molar-refractivity contribution in [1.82, 2.24) is 4.90 Å². The maximum Gasteiger partial charge on any atom is 0.331 e. The molecule has 0 saturated carbocycles. The van der Waals surface area contributed by atoms with Crippen molar-refractivity contribution in [3.8, 4) is 0 Å². The Balaban J connectivity index is 1.88. The number of carbonyl (C=O) groups is 2. The third kappa shape index (κ3) is 3.85. The number of amides is 1. The summed E-state index contributed by atoms with van der Waals surface area (Å²) in [5, 5.41) is 12.1. The van der Waals surface area contributed by atoms with E-state index in [2.05, 4.69) is 45.0 Å². The summed E-state index contributed by atoms with van der Waals surface area (Å²) in [7, 11) is -2.87. The molecule has 1 aliphatic carbocycles. The van der Waals surface area contributed by atoms with E-state index in [1.54, 1.807) is 6.92 Å². The van der Waals surface area contributed by atoms with Gasteiger partial charge in [-0.3, -0.25) is 4.79 Å². The van der Waals surface area contributed by atoms with Gasteiger partial charge in [0, 0.05) is 18.9 Å². The molecule has 0 radical (unpaired) electrons. The average Bonchev–Trinajstić information content (AvgIpc) is 3.53. The summed E-state index contributed by atoms with van der Waals surface area (Å²) >= 11 is 0. The van der Waals surface area contributed by atoms with Crippen LogP contribution in [0.4, 0.5) is 0 Å². The van der Waals surface area contributed by atoms with Gasteiger partial charge >= 0.3 is 5.97 Å². The Morgan fingerprint density at radius 2 is 1.55 bits per heavy atom. The SMILES string of the molecule is CCC1=C(C(=O)O)C[C@@H](O[Si](c2ccccc2)(c2ccccc2)C(C)(C)C)[C@H]2[C@H]1N2C(C)=O. The van der Waals surface area contributed by atoms with Crippen LogP contribution >= 0.6 is 0 Å². The first-order valence-corrected chi connectivity index (χ1v) is 13.6. The van der Waals surface area contributed by atoms with Crippen LogP contribution in [-0.4, -0.2) is 48.4 Å². The van der Waals surface area contributed by atoms with E-state index in [0.29, 0.717) is 18.4 Å². The first-order chi connectivity index (χ1) is 15.6. The molecule has 4 rings (SSSR count). The zero-order valence-electron chi connectivity index (χ0n) is 20.0. The molecule has 1 saturated heterocycles. The normalized spacial score (nSPS) is 22.7. The van der Waals surface area contributed by atoms with Gasteiger partial charge in [-0.25, -0.2) is 4.79 Å². The van der Waals surface area contributed by atoms with E-state index in [1.807, 2.05) is 48.2 Å². The third-order valence-corrected chi connectivity index (χ3v) is 12.2. The highest BCUT2D eigenvalue weighted by atomic mass is 28.4. The minimum absolute atomic E-state index is 0.0290. The van der Waals surface area contributed by atoms with Crippen LogP contribution in [-0.2, 0) is 14.0 Å². The van der Waals surface area contributed by atoms with Crippen molar-refractivity contribution >= 4 is 30.6 Å². The van der Waals surface area contributed by atoms with Gasteiger partial charge in [0.25, 0.3) is 8.32 Å². The van der Waals surface area contributed by atoms with Crippen LogP contribution in [0.2, 0.25) is 5.04 Å². The molecule has 1 amide bonds. The molecular weight excluding hydrogens is 430 g/mol. The van der Waals surface area contributed by atoms with Gasteiger partial charge in [0.05, 0.1) is 18.2 Å². The van der Waals surface area contributed by atoms with E-state index in [4.69, 9.17) is 4.43 Å². The van der Waals surface area contributed by atoms with E-state index in [-0.39, 0.29) is 29.1 Å². The second-order valence-electron chi connectivity index (χ2n) is 10.0. The number of carboxylic acid groups (broad SMARTS) is 1. The Labute approximate surface area is 197 Å². The monoisotopic (exact) mass is 463 g/mol. The largest absolute Gasteiger partial charge is 0.478 e. The molecule has 2 aromatic carbocycles. The fourth-order valence-corrected chi connectivity index (χ4v) is 10.4. The molecule has 3 atom stereocenters. The Morgan fingerprint density at radius 3 is 1.94 bits per heavy atom. The smallest absolute Gasteiger partial charge is 0.331 e. The molecule has 0 spiro atoms. The highest BCUT2D eigenvalue weighted by molar-refractivity contribution is 6.99. The minimum Gasteiger partial charge on any atom is -0.478 e. The van der Waals surface area contributed by atoms with E-state index >= 15 is 0 Å². The molecule has 0 unspecified atom stereocenters. The molecule has 1 fully saturated rings. The zero-order chi connectivity index (χ0) is 24.0. The van der Waals surface area contributed by atoms with Gasteiger partial charge < -0.3 is 14.4 Å². The number of rotatable bonds is 6. The van der Waals surface area contributed by atoms with Crippen LogP contribution in [0.3, 0.4) is 0 Å². The molecule has 6 heteroatoms. The quantitative estimate of drug-likeness (QED) is 0.524. The lowest BCUT2D eigenvalue weighted by atomic mass is 9.88. The van der Waals surface area contributed by atoms with Crippen molar-refractivity contribution in [3.63, 3.8) is 0 Å². The van der Waals surface area contributed by atoms with Crippen molar-refractivity contribution in [1.29, 1.82) is 0 Å². The Morgan fingerprint density at radius 1 is 1.03 bits per heavy atom. The predicted octanol–water partition coefficient (Wildman–Crippen LogP) is 3.73. The number of nitrogens with zero attached hydrogens (tertiary/aromatic N) is 1. The fourth-order valence-electron chi connectivity index (χ4n) is 5.72. The van der Waals surface area contributed by atoms with Crippen LogP contribution in [0.5, 0.6) is 0 Å². The van der Waals surface area contributed by atoms with Crippen LogP contribution < -0.4 is 10.4 Å². The second kappa shape index (κ2) is 8.58. The molecule has 1 N–H and O–H groups in total. The number of carboxylic acids is 1. The molecule has 174 valence electrons. The Bertz CT molecular complexity index is 1030. The van der Waals surface area contributed by atoms with Crippen molar-refractivity contribution in [2.45, 2.75) is 70.7 Å². The van der Waals surface area contributed by atoms with E-state index in [0.717, 1.165) is 15.9 Å². The zero-order valence-corrected chi connectivity index (χ0v) is 21.0. The van der Waals surface area contributed by atoms with Gasteiger partial charge in [0.15, 0.2) is 0 Å². The minimum atomic E-state index is -2.87. The topological polar surface area (TPSA) is 66.6 Å². The summed E-state index contributed by atoms with van der Waals surface area (Å²) in [5.74, 6) is -0.935. The van der Waals surface area contributed by atoms with Gasteiger partial charge in [-0.15, -0.1) is 0 Å². The molecular formula is C27H33NO4Si. The van der Waals surface area contributed by atoms with Crippen molar-refractivity contribution in [2.24, 2.45) is 0 Å². The first-order valence-electron chi connectivity index (χ1n) is 11.7. The van der Waals surface area contributed by atoms with Crippen LogP contribution in [0.1, 0.15) is 47.5 Å². The second-order valence-corrected chi connectivity index (χ2v) is 14.3. The molecule has 33 heavy (non-hydrogen) atoms. The number of hydrogen-bond acceptors (Lipinski definition) is 3. The molecule has 0 aromatic heterocycles. The molecule has 2 aliphatic rings. The van der Waals surface area contributed by atoms with Crippen LogP contribution in [0.25, 0.3) is 0 Å². The highest BCUT2D eigenvalue weighted by Crippen LogP contribution is 2.49. The lowest BCUT2D eigenvalue weighted by Crippen LogP contribution is -2.68. The first kappa shape index (κ1) is 23.5. The predicted molar refractivity (Wildman–Crippen MR) is 132 cm³/mol. The van der Waals surface area contributed by atoms with Gasteiger partial charge in [-0.1, -0.05) is 88.4 Å². The van der Waals surface area contributed by atoms with Crippen LogP contribution in [0, 0.1) is 0 Å². The molecule has 5 nitrogen and oxygen atoms in total. The molecule has 1 heterocycles. The van der Waals surface area contributed by atoms with Crippen molar-refractivity contribution in [3.05, 3.63) is 71.8 Å². The van der Waals surface area contributed by atoms with Crippen molar-refractivity contribution in [2.75, 3.05) is 0 Å². The summed E-state index contributed by atoms with van der Waals surface area (Å²) < 4.78 is 7.27. The maximum atomic E-state index is 12.5. The summed E-state index contributed by atoms with van der Waals surface area (Å²) in [6.07, 6.45) is 0.568. The summed E-state index contributed by atoms with van der Waals surface area (Å²) in [6, 6.07) is 20.4. The Hall–Kier alpha value is -2.70. The van der Waals surface area contributed by atoms with Gasteiger partial charge in [0.1, 0.15) is 0 Å². The lowest BCUT2D eigenvalue weighted by Gasteiger charge is -2.45. The number of carbonyl (C=O) groups excluding carboxylic acids is 1. The highest BCUT2D eigenvalue weighted by Gasteiger charge is 2.62. The summed E-state index contributed by atoms with van der Waals surface area (Å²) in [6.45, 7) is 10.2. The molecule has 0 bridgehead atoms. The van der Waals surface area contributed by atoms with Crippen molar-refractivity contribution < 1.29 is 19.1 Å². The molecule has 1 aliphatic heterocycles. The van der Waals surface area contributed by atoms with Gasteiger partial charge in [-0.05, 0) is 27.4 Å². The number of aliphatic carboxylic acids is 1. The third-order valence-electron chi connectivity index (χ3n) is 7.13.